The normalized spacial score (nSPS) is 13.7. The molecule has 0 spiro atoms. The second-order valence-corrected chi connectivity index (χ2v) is 10.4. The maximum absolute atomic E-state index is 15.6. The Hall–Kier alpha value is -5.06. The van der Waals surface area contributed by atoms with E-state index in [9.17, 15) is 18.0 Å². The highest BCUT2D eigenvalue weighted by atomic mass is 19.4. The topological polar surface area (TPSA) is 59.8 Å². The SMILES string of the molecule is O=Cc1ccccc1N1CCN(c2cc3c(cc2F)nc(COc2ccccc2)n3Cc2ccc(OC(F)(F)F)cc2)CC1. The fraction of sp³-hybridized carbons (Fsp3) is 0.212. The summed E-state index contributed by atoms with van der Waals surface area (Å²) in [6.07, 6.45) is -3.94. The molecule has 0 aliphatic carbocycles. The van der Waals surface area contributed by atoms with Gasteiger partial charge < -0.3 is 23.8 Å². The smallest absolute Gasteiger partial charge is 0.486 e. The van der Waals surface area contributed by atoms with Crippen LogP contribution in [0.1, 0.15) is 21.7 Å². The summed E-state index contributed by atoms with van der Waals surface area (Å²) < 4.78 is 65.4. The standard InChI is InChI=1S/C33H28F4N4O3/c34-27-18-28-31(19-30(27)40-16-14-39(15-17-40)29-9-5-4-6-24(29)21-42)41(32(38-28)22-43-25-7-2-1-3-8-25)20-23-10-12-26(13-11-23)44-33(35,36)37/h1-13,18-19,21H,14-17,20,22H2. The fourth-order valence-corrected chi connectivity index (χ4v) is 5.42. The average Bonchev–Trinajstić information content (AvgIpc) is 3.35. The molecule has 0 amide bonds. The van der Waals surface area contributed by atoms with Gasteiger partial charge in [0.15, 0.2) is 6.29 Å². The van der Waals surface area contributed by atoms with Gasteiger partial charge in [0.05, 0.1) is 16.7 Å². The van der Waals surface area contributed by atoms with Crippen molar-refractivity contribution in [3.63, 3.8) is 0 Å². The van der Waals surface area contributed by atoms with Crippen molar-refractivity contribution in [3.8, 4) is 11.5 Å². The van der Waals surface area contributed by atoms with E-state index in [1.165, 1.54) is 18.2 Å². The van der Waals surface area contributed by atoms with Crippen LogP contribution in [0.4, 0.5) is 28.9 Å². The largest absolute Gasteiger partial charge is 0.573 e. The number of carbonyl (C=O) groups is 1. The molecule has 1 aromatic heterocycles. The van der Waals surface area contributed by atoms with E-state index in [4.69, 9.17) is 4.74 Å². The lowest BCUT2D eigenvalue weighted by atomic mass is 10.1. The van der Waals surface area contributed by atoms with Crippen LogP contribution in [-0.2, 0) is 13.2 Å². The van der Waals surface area contributed by atoms with Gasteiger partial charge in [0, 0.05) is 50.0 Å². The van der Waals surface area contributed by atoms with Gasteiger partial charge in [0.2, 0.25) is 0 Å². The molecule has 0 bridgehead atoms. The first-order valence-electron chi connectivity index (χ1n) is 14.0. The molecule has 0 N–H and O–H groups in total. The first-order chi connectivity index (χ1) is 21.3. The summed E-state index contributed by atoms with van der Waals surface area (Å²) in [6, 6.07) is 25.4. The molecule has 0 radical (unpaired) electrons. The molecule has 2 heterocycles. The molecule has 0 unspecified atom stereocenters. The average molecular weight is 605 g/mol. The number of rotatable bonds is 9. The Morgan fingerprint density at radius 3 is 2.14 bits per heavy atom. The molecule has 1 aliphatic heterocycles. The number of fused-ring (bicyclic) bond motifs is 1. The van der Waals surface area contributed by atoms with Crippen molar-refractivity contribution in [2.75, 3.05) is 36.0 Å². The van der Waals surface area contributed by atoms with Crippen molar-refractivity contribution in [2.24, 2.45) is 0 Å². The number of alkyl halides is 3. The molecule has 5 aromatic rings. The van der Waals surface area contributed by atoms with E-state index in [0.29, 0.717) is 65.6 Å². The Labute approximate surface area is 250 Å². The minimum Gasteiger partial charge on any atom is -0.486 e. The van der Waals surface area contributed by atoms with E-state index in [2.05, 4.69) is 14.6 Å². The molecular weight excluding hydrogens is 576 g/mol. The van der Waals surface area contributed by atoms with Gasteiger partial charge in [0.25, 0.3) is 0 Å². The zero-order valence-corrected chi connectivity index (χ0v) is 23.5. The monoisotopic (exact) mass is 604 g/mol. The van der Waals surface area contributed by atoms with Gasteiger partial charge in [-0.1, -0.05) is 42.5 Å². The maximum atomic E-state index is 15.6. The lowest BCUT2D eigenvalue weighted by Gasteiger charge is -2.38. The van der Waals surface area contributed by atoms with Crippen molar-refractivity contribution in [1.29, 1.82) is 0 Å². The molecule has 4 aromatic carbocycles. The van der Waals surface area contributed by atoms with E-state index >= 15 is 4.39 Å². The number of para-hydroxylation sites is 2. The zero-order valence-electron chi connectivity index (χ0n) is 23.5. The number of hydrogen-bond acceptors (Lipinski definition) is 6. The molecule has 1 fully saturated rings. The first-order valence-corrected chi connectivity index (χ1v) is 14.0. The number of anilines is 2. The van der Waals surface area contributed by atoms with Gasteiger partial charge in [-0.15, -0.1) is 13.2 Å². The molecular formula is C33H28F4N4O3. The Balaban J connectivity index is 1.29. The molecule has 44 heavy (non-hydrogen) atoms. The van der Waals surface area contributed by atoms with Crippen LogP contribution in [-0.4, -0.2) is 48.4 Å². The maximum Gasteiger partial charge on any atom is 0.573 e. The highest BCUT2D eigenvalue weighted by molar-refractivity contribution is 5.85. The van der Waals surface area contributed by atoms with E-state index in [1.807, 2.05) is 58.0 Å². The number of aldehydes is 1. The fourth-order valence-electron chi connectivity index (χ4n) is 5.42. The number of nitrogens with zero attached hydrogens (tertiary/aromatic N) is 4. The van der Waals surface area contributed by atoms with Gasteiger partial charge in [-0.05, 0) is 48.0 Å². The van der Waals surface area contributed by atoms with Crippen molar-refractivity contribution in [3.05, 3.63) is 114 Å². The number of piperazine rings is 1. The molecule has 6 rings (SSSR count). The van der Waals surface area contributed by atoms with Crippen molar-refractivity contribution >= 4 is 28.7 Å². The Morgan fingerprint density at radius 2 is 1.45 bits per heavy atom. The third-order valence-corrected chi connectivity index (χ3v) is 7.53. The summed E-state index contributed by atoms with van der Waals surface area (Å²) in [7, 11) is 0. The Kier molecular flexibility index (Phi) is 8.10. The molecule has 1 aliphatic rings. The third kappa shape index (κ3) is 6.46. The first kappa shape index (κ1) is 29.0. The molecule has 11 heteroatoms. The second-order valence-electron chi connectivity index (χ2n) is 10.4. The Bertz CT molecular complexity index is 1750. The molecule has 1 saturated heterocycles. The molecule has 7 nitrogen and oxygen atoms in total. The van der Waals surface area contributed by atoms with E-state index in [-0.39, 0.29) is 18.9 Å². The lowest BCUT2D eigenvalue weighted by molar-refractivity contribution is -0.274. The number of ether oxygens (including phenoxy) is 2. The lowest BCUT2D eigenvalue weighted by Crippen LogP contribution is -2.47. The van der Waals surface area contributed by atoms with Gasteiger partial charge in [0.1, 0.15) is 29.7 Å². The number of carbonyl (C=O) groups excluding carboxylic acids is 1. The minimum atomic E-state index is -4.78. The summed E-state index contributed by atoms with van der Waals surface area (Å²) in [5.74, 6) is 0.448. The summed E-state index contributed by atoms with van der Waals surface area (Å²) in [4.78, 5) is 20.3. The predicted molar refractivity (Wildman–Crippen MR) is 159 cm³/mol. The number of imidazole rings is 1. The van der Waals surface area contributed by atoms with Crippen molar-refractivity contribution in [2.45, 2.75) is 19.5 Å². The number of benzene rings is 4. The number of halogens is 4. The second kappa shape index (κ2) is 12.3. The Morgan fingerprint density at radius 1 is 0.795 bits per heavy atom. The van der Waals surface area contributed by atoms with E-state index in [1.54, 1.807) is 24.3 Å². The highest BCUT2D eigenvalue weighted by Crippen LogP contribution is 2.31. The van der Waals surface area contributed by atoms with Crippen LogP contribution in [0.15, 0.2) is 91.0 Å². The van der Waals surface area contributed by atoms with E-state index in [0.717, 1.165) is 12.0 Å². The quantitative estimate of drug-likeness (QED) is 0.136. The minimum absolute atomic E-state index is 0.0970. The van der Waals surface area contributed by atoms with Crippen LogP contribution < -0.4 is 19.3 Å². The third-order valence-electron chi connectivity index (χ3n) is 7.53. The van der Waals surface area contributed by atoms with Crippen LogP contribution in [0.3, 0.4) is 0 Å². The predicted octanol–water partition coefficient (Wildman–Crippen LogP) is 6.84. The summed E-state index contributed by atoms with van der Waals surface area (Å²) >= 11 is 0. The van der Waals surface area contributed by atoms with Crippen LogP contribution in [0, 0.1) is 5.82 Å². The van der Waals surface area contributed by atoms with Crippen molar-refractivity contribution in [1.82, 2.24) is 9.55 Å². The summed E-state index contributed by atoms with van der Waals surface area (Å²) in [6.45, 7) is 2.63. The molecule has 0 saturated carbocycles. The summed E-state index contributed by atoms with van der Waals surface area (Å²) in [5.41, 5.74) is 3.69. The zero-order chi connectivity index (χ0) is 30.7. The number of aromatic nitrogens is 2. The summed E-state index contributed by atoms with van der Waals surface area (Å²) in [5, 5.41) is 0. The van der Waals surface area contributed by atoms with Crippen LogP contribution in [0.2, 0.25) is 0 Å². The van der Waals surface area contributed by atoms with Gasteiger partial charge in [-0.2, -0.15) is 0 Å². The molecule has 0 atom stereocenters. The highest BCUT2D eigenvalue weighted by Gasteiger charge is 2.31. The van der Waals surface area contributed by atoms with Gasteiger partial charge in [-0.25, -0.2) is 9.37 Å². The van der Waals surface area contributed by atoms with Crippen molar-refractivity contribution < 1.29 is 31.8 Å². The van der Waals surface area contributed by atoms with Gasteiger partial charge >= 0.3 is 6.36 Å². The van der Waals surface area contributed by atoms with E-state index < -0.39 is 12.2 Å². The molecule has 226 valence electrons. The van der Waals surface area contributed by atoms with Crippen LogP contribution in [0.25, 0.3) is 11.0 Å². The van der Waals surface area contributed by atoms with Crippen LogP contribution >= 0.6 is 0 Å². The van der Waals surface area contributed by atoms with Gasteiger partial charge in [-0.3, -0.25) is 4.79 Å². The number of hydrogen-bond donors (Lipinski definition) is 0. The van der Waals surface area contributed by atoms with Crippen LogP contribution in [0.5, 0.6) is 11.5 Å².